The van der Waals surface area contributed by atoms with Crippen molar-refractivity contribution in [2.75, 3.05) is 0 Å². The van der Waals surface area contributed by atoms with Crippen molar-refractivity contribution in [3.63, 3.8) is 0 Å². The molecule has 0 N–H and O–H groups in total. The van der Waals surface area contributed by atoms with E-state index in [0.29, 0.717) is 17.8 Å². The van der Waals surface area contributed by atoms with Crippen LogP contribution in [0.4, 0.5) is 8.78 Å². The third kappa shape index (κ3) is 1.23. The van der Waals surface area contributed by atoms with E-state index < -0.39 is 11.3 Å². The highest BCUT2D eigenvalue weighted by molar-refractivity contribution is 5.11. The van der Waals surface area contributed by atoms with Crippen molar-refractivity contribution in [2.24, 2.45) is 23.2 Å². The van der Waals surface area contributed by atoms with Gasteiger partial charge in [0.05, 0.1) is 0 Å². The third-order valence-corrected chi connectivity index (χ3v) is 5.00. The molecule has 0 heterocycles. The molecule has 0 spiro atoms. The lowest BCUT2D eigenvalue weighted by Gasteiger charge is -2.58. The van der Waals surface area contributed by atoms with Crippen LogP contribution in [-0.2, 0) is 0 Å². The van der Waals surface area contributed by atoms with Gasteiger partial charge in [0.1, 0.15) is 0 Å². The fourth-order valence-electron chi connectivity index (χ4n) is 4.74. The first-order valence-corrected chi connectivity index (χ1v) is 6.06. The number of halogens is 2. The van der Waals surface area contributed by atoms with Crippen molar-refractivity contribution in [2.45, 2.75) is 44.4 Å². The molecule has 4 saturated carbocycles. The van der Waals surface area contributed by atoms with Crippen LogP contribution in [0.25, 0.3) is 0 Å². The average Bonchev–Trinajstić information content (AvgIpc) is 2.15. The first-order chi connectivity index (χ1) is 7.05. The Kier molecular flexibility index (Phi) is 1.85. The van der Waals surface area contributed by atoms with Crippen LogP contribution in [0.2, 0.25) is 0 Å². The lowest BCUT2D eigenvalue weighted by atomic mass is 9.48. The fraction of sp³-hybridized carbons (Fsp3) is 0.846. The molecule has 0 atom stereocenters. The summed E-state index contributed by atoms with van der Waals surface area (Å²) < 4.78 is 28.0. The minimum atomic E-state index is -2.64. The van der Waals surface area contributed by atoms with E-state index in [0.717, 1.165) is 25.3 Å². The predicted molar refractivity (Wildman–Crippen MR) is 55.7 cm³/mol. The van der Waals surface area contributed by atoms with Crippen molar-refractivity contribution in [1.29, 1.82) is 0 Å². The number of hydrogen-bond donors (Lipinski definition) is 0. The van der Waals surface area contributed by atoms with Gasteiger partial charge < -0.3 is 0 Å². The van der Waals surface area contributed by atoms with Crippen LogP contribution in [0.1, 0.15) is 38.5 Å². The minimum Gasteiger partial charge on any atom is -0.201 e. The van der Waals surface area contributed by atoms with Gasteiger partial charge in [-0.1, -0.05) is 6.58 Å². The Morgan fingerprint density at radius 1 is 1.00 bits per heavy atom. The van der Waals surface area contributed by atoms with E-state index in [-0.39, 0.29) is 0 Å². The highest BCUT2D eigenvalue weighted by atomic mass is 19.3. The Morgan fingerprint density at radius 3 is 1.73 bits per heavy atom. The Bertz CT molecular complexity index is 258. The van der Waals surface area contributed by atoms with E-state index in [1.165, 1.54) is 19.3 Å². The highest BCUT2D eigenvalue weighted by Crippen LogP contribution is 2.65. The van der Waals surface area contributed by atoms with Crippen molar-refractivity contribution in [3.8, 4) is 0 Å². The van der Waals surface area contributed by atoms with Crippen molar-refractivity contribution < 1.29 is 8.78 Å². The SMILES string of the molecule is C=CC(F)(F)C12CC3CC(CC(C3)C1)C2. The third-order valence-electron chi connectivity index (χ3n) is 5.00. The van der Waals surface area contributed by atoms with Crippen molar-refractivity contribution in [3.05, 3.63) is 12.7 Å². The van der Waals surface area contributed by atoms with Crippen LogP contribution < -0.4 is 0 Å². The lowest BCUT2D eigenvalue weighted by Crippen LogP contribution is -2.54. The standard InChI is InChI=1S/C13H18F2/c1-2-13(14,15)12-6-9-3-10(7-12)5-11(4-9)8-12/h2,9-11H,1,3-8H2. The van der Waals surface area contributed by atoms with Gasteiger partial charge in [0.25, 0.3) is 5.92 Å². The molecule has 0 aromatic heterocycles. The summed E-state index contributed by atoms with van der Waals surface area (Å²) in [6, 6.07) is 0. The normalized spacial score (nSPS) is 48.3. The van der Waals surface area contributed by atoms with Crippen LogP contribution in [0, 0.1) is 23.2 Å². The zero-order chi connectivity index (χ0) is 10.7. The van der Waals surface area contributed by atoms with E-state index in [4.69, 9.17) is 0 Å². The molecule has 4 aliphatic rings. The van der Waals surface area contributed by atoms with Gasteiger partial charge in [-0.3, -0.25) is 0 Å². The van der Waals surface area contributed by atoms with Gasteiger partial charge in [-0.25, -0.2) is 8.78 Å². The summed E-state index contributed by atoms with van der Waals surface area (Å²) in [7, 11) is 0. The second-order valence-electron chi connectivity index (χ2n) is 6.02. The van der Waals surface area contributed by atoms with Crippen molar-refractivity contribution in [1.82, 2.24) is 0 Å². The molecule has 0 aromatic rings. The molecule has 0 saturated heterocycles. The number of hydrogen-bond acceptors (Lipinski definition) is 0. The summed E-state index contributed by atoms with van der Waals surface area (Å²) in [5.41, 5.74) is -0.705. The number of rotatable bonds is 2. The first kappa shape index (κ1) is 9.80. The lowest BCUT2D eigenvalue weighted by molar-refractivity contribution is -0.177. The Labute approximate surface area is 89.7 Å². The van der Waals surface area contributed by atoms with Gasteiger partial charge in [-0.05, 0) is 62.4 Å². The van der Waals surface area contributed by atoms with E-state index >= 15 is 0 Å². The second kappa shape index (κ2) is 2.83. The number of allylic oxidation sites excluding steroid dienone is 1. The zero-order valence-electron chi connectivity index (χ0n) is 9.02. The molecule has 84 valence electrons. The molecule has 0 aromatic carbocycles. The van der Waals surface area contributed by atoms with Gasteiger partial charge >= 0.3 is 0 Å². The van der Waals surface area contributed by atoms with Crippen LogP contribution in [0.5, 0.6) is 0 Å². The van der Waals surface area contributed by atoms with Gasteiger partial charge in [-0.15, -0.1) is 0 Å². The summed E-state index contributed by atoms with van der Waals surface area (Å²) in [6.07, 6.45) is 6.79. The van der Waals surface area contributed by atoms with E-state index in [1.807, 2.05) is 0 Å². The van der Waals surface area contributed by atoms with Crippen molar-refractivity contribution >= 4 is 0 Å². The van der Waals surface area contributed by atoms with Crippen LogP contribution in [0.15, 0.2) is 12.7 Å². The van der Waals surface area contributed by atoms with E-state index in [1.54, 1.807) is 0 Å². The maximum Gasteiger partial charge on any atom is 0.271 e. The molecular weight excluding hydrogens is 194 g/mol. The maximum atomic E-state index is 14.0. The van der Waals surface area contributed by atoms with Gasteiger partial charge in [0.2, 0.25) is 0 Å². The molecule has 4 bridgehead atoms. The molecule has 15 heavy (non-hydrogen) atoms. The maximum absolute atomic E-state index is 14.0. The largest absolute Gasteiger partial charge is 0.271 e. The quantitative estimate of drug-likeness (QED) is 0.606. The first-order valence-electron chi connectivity index (χ1n) is 6.06. The minimum absolute atomic E-state index is 0.585. The molecule has 4 aliphatic carbocycles. The summed E-state index contributed by atoms with van der Waals surface area (Å²) in [4.78, 5) is 0. The van der Waals surface area contributed by atoms with Gasteiger partial charge in [-0.2, -0.15) is 0 Å². The Balaban J connectivity index is 1.96. The predicted octanol–water partition coefficient (Wildman–Crippen LogP) is 4.02. The van der Waals surface area contributed by atoms with Gasteiger partial charge in [0.15, 0.2) is 0 Å². The average molecular weight is 212 g/mol. The topological polar surface area (TPSA) is 0 Å². The Hall–Kier alpha value is -0.400. The smallest absolute Gasteiger partial charge is 0.201 e. The van der Waals surface area contributed by atoms with Crippen LogP contribution >= 0.6 is 0 Å². The molecule has 4 rings (SSSR count). The molecule has 2 heteroatoms. The molecule has 0 unspecified atom stereocenters. The van der Waals surface area contributed by atoms with Gasteiger partial charge in [0, 0.05) is 5.41 Å². The molecule has 4 fully saturated rings. The summed E-state index contributed by atoms with van der Waals surface area (Å²) >= 11 is 0. The molecule has 0 aliphatic heterocycles. The summed E-state index contributed by atoms with van der Waals surface area (Å²) in [6.45, 7) is 3.34. The summed E-state index contributed by atoms with van der Waals surface area (Å²) in [5.74, 6) is -0.880. The Morgan fingerprint density at radius 2 is 1.40 bits per heavy atom. The summed E-state index contributed by atoms with van der Waals surface area (Å²) in [5, 5.41) is 0. The monoisotopic (exact) mass is 212 g/mol. The second-order valence-corrected chi connectivity index (χ2v) is 6.02. The van der Waals surface area contributed by atoms with Crippen LogP contribution in [0.3, 0.4) is 0 Å². The molecular formula is C13H18F2. The highest BCUT2D eigenvalue weighted by Gasteiger charge is 2.60. The zero-order valence-corrected chi connectivity index (χ0v) is 9.02. The number of alkyl halides is 2. The molecule has 0 radical (unpaired) electrons. The van der Waals surface area contributed by atoms with E-state index in [9.17, 15) is 8.78 Å². The fourth-order valence-corrected chi connectivity index (χ4v) is 4.74. The van der Waals surface area contributed by atoms with Crippen LogP contribution in [-0.4, -0.2) is 5.92 Å². The van der Waals surface area contributed by atoms with E-state index in [2.05, 4.69) is 6.58 Å². The molecule has 0 nitrogen and oxygen atoms in total. The molecule has 0 amide bonds.